The molecule has 0 aliphatic heterocycles. The first-order valence-electron chi connectivity index (χ1n) is 10.6. The minimum Gasteiger partial charge on any atom is -0.478 e. The maximum Gasteiger partial charge on any atom is 0.413 e. The largest absolute Gasteiger partial charge is 0.478 e. The van der Waals surface area contributed by atoms with Crippen LogP contribution in [0.1, 0.15) is 39.3 Å². The average molecular weight is 478 g/mol. The zero-order valence-electron chi connectivity index (χ0n) is 18.6. The molecule has 9 heteroatoms. The van der Waals surface area contributed by atoms with E-state index in [0.717, 1.165) is 33.6 Å². The third kappa shape index (κ3) is 4.84. The molecule has 1 aliphatic carbocycles. The summed E-state index contributed by atoms with van der Waals surface area (Å²) in [6.07, 6.45) is 0.759. The van der Waals surface area contributed by atoms with Crippen LogP contribution in [0.3, 0.4) is 0 Å². The predicted octanol–water partition coefficient (Wildman–Crippen LogP) is 4.57. The van der Waals surface area contributed by atoms with Gasteiger partial charge in [0.25, 0.3) is 5.91 Å². The van der Waals surface area contributed by atoms with E-state index >= 15 is 0 Å². The molecule has 1 aliphatic rings. The van der Waals surface area contributed by atoms with Crippen molar-refractivity contribution in [3.8, 4) is 11.1 Å². The highest BCUT2D eigenvalue weighted by atomic mass is 32.1. The van der Waals surface area contributed by atoms with E-state index in [9.17, 15) is 14.4 Å². The van der Waals surface area contributed by atoms with Gasteiger partial charge in [-0.05, 0) is 36.1 Å². The van der Waals surface area contributed by atoms with Gasteiger partial charge in [-0.25, -0.2) is 14.6 Å². The molecule has 8 nitrogen and oxygen atoms in total. The number of benzene rings is 2. The lowest BCUT2D eigenvalue weighted by molar-refractivity contribution is -0.132. The van der Waals surface area contributed by atoms with Gasteiger partial charge in [0.05, 0.1) is 5.69 Å². The monoisotopic (exact) mass is 477 g/mol. The van der Waals surface area contributed by atoms with Gasteiger partial charge < -0.3 is 15.2 Å². The van der Waals surface area contributed by atoms with Crippen molar-refractivity contribution in [2.24, 2.45) is 0 Å². The van der Waals surface area contributed by atoms with Crippen molar-refractivity contribution < 1.29 is 24.2 Å². The molecule has 2 amide bonds. The van der Waals surface area contributed by atoms with Crippen LogP contribution in [0.5, 0.6) is 0 Å². The number of ether oxygens (including phenoxy) is 1. The molecule has 34 heavy (non-hydrogen) atoms. The SMILES string of the molecule is C/C(=C\CNC(=O)c1sc(NC(=O)OCC2c3ccccc3-c3ccccc32)nc1C)C(=O)O. The van der Waals surface area contributed by atoms with Crippen molar-refractivity contribution >= 4 is 34.4 Å². The lowest BCUT2D eigenvalue weighted by atomic mass is 9.98. The van der Waals surface area contributed by atoms with Crippen LogP contribution in [0, 0.1) is 6.92 Å². The number of aromatic nitrogens is 1. The molecule has 174 valence electrons. The topological polar surface area (TPSA) is 118 Å². The molecular formula is C25H23N3O5S. The number of anilines is 1. The molecule has 3 aromatic rings. The zero-order valence-corrected chi connectivity index (χ0v) is 19.4. The number of aliphatic carboxylic acids is 1. The second-order valence-corrected chi connectivity index (χ2v) is 8.79. The minimum atomic E-state index is -1.04. The van der Waals surface area contributed by atoms with Gasteiger partial charge in [0.1, 0.15) is 11.5 Å². The number of carboxylic acids is 1. The Morgan fingerprint density at radius 1 is 1.09 bits per heavy atom. The average Bonchev–Trinajstić information content (AvgIpc) is 3.34. The molecule has 1 aromatic heterocycles. The summed E-state index contributed by atoms with van der Waals surface area (Å²) >= 11 is 1.02. The first-order chi connectivity index (χ1) is 16.3. The minimum absolute atomic E-state index is 0.0557. The predicted molar refractivity (Wildman–Crippen MR) is 129 cm³/mol. The van der Waals surface area contributed by atoms with Gasteiger partial charge >= 0.3 is 12.1 Å². The highest BCUT2D eigenvalue weighted by molar-refractivity contribution is 7.17. The van der Waals surface area contributed by atoms with E-state index in [4.69, 9.17) is 9.84 Å². The van der Waals surface area contributed by atoms with Gasteiger partial charge in [0.2, 0.25) is 0 Å². The van der Waals surface area contributed by atoms with Crippen molar-refractivity contribution in [2.75, 3.05) is 18.5 Å². The van der Waals surface area contributed by atoms with Crippen LogP contribution >= 0.6 is 11.3 Å². The number of carbonyl (C=O) groups is 3. The molecule has 1 heterocycles. The molecule has 0 saturated carbocycles. The van der Waals surface area contributed by atoms with E-state index < -0.39 is 18.0 Å². The number of carbonyl (C=O) groups excluding carboxylic acids is 2. The standard InChI is InChI=1S/C25H23N3O5S/c1-14(23(30)31)11-12-26-22(29)21-15(2)27-24(34-21)28-25(32)33-13-20-18-9-5-3-7-16(18)17-8-4-6-10-19(17)20/h3-11,20H,12-13H2,1-2H3,(H,26,29)(H,30,31)(H,27,28,32)/b14-11+. The highest BCUT2D eigenvalue weighted by Crippen LogP contribution is 2.44. The summed E-state index contributed by atoms with van der Waals surface area (Å²) in [4.78, 5) is 40.2. The summed E-state index contributed by atoms with van der Waals surface area (Å²) in [5.41, 5.74) is 5.12. The summed E-state index contributed by atoms with van der Waals surface area (Å²) in [6, 6.07) is 16.2. The van der Waals surface area contributed by atoms with Crippen LogP contribution in [0.15, 0.2) is 60.2 Å². The summed E-state index contributed by atoms with van der Waals surface area (Å²) in [5, 5.41) is 14.3. The Hall–Kier alpha value is -3.98. The lowest BCUT2D eigenvalue weighted by Gasteiger charge is -2.14. The van der Waals surface area contributed by atoms with Crippen LogP contribution in [-0.2, 0) is 9.53 Å². The molecule has 0 fully saturated rings. The van der Waals surface area contributed by atoms with E-state index in [1.165, 1.54) is 13.0 Å². The van der Waals surface area contributed by atoms with Crippen molar-refractivity contribution in [3.05, 3.63) is 81.9 Å². The summed E-state index contributed by atoms with van der Waals surface area (Å²) in [6.45, 7) is 3.35. The van der Waals surface area contributed by atoms with Crippen LogP contribution < -0.4 is 10.6 Å². The fraction of sp³-hybridized carbons (Fsp3) is 0.200. The molecule has 4 rings (SSSR count). The zero-order chi connectivity index (χ0) is 24.2. The molecule has 0 atom stereocenters. The number of fused-ring (bicyclic) bond motifs is 3. The molecular weight excluding hydrogens is 454 g/mol. The number of nitrogens with one attached hydrogen (secondary N) is 2. The first kappa shape index (κ1) is 23.2. The van der Waals surface area contributed by atoms with Crippen molar-refractivity contribution in [3.63, 3.8) is 0 Å². The summed E-state index contributed by atoms with van der Waals surface area (Å²) in [5.74, 6) is -1.50. The van der Waals surface area contributed by atoms with Crippen LogP contribution in [0.4, 0.5) is 9.93 Å². The van der Waals surface area contributed by atoms with E-state index in [1.54, 1.807) is 6.92 Å². The van der Waals surface area contributed by atoms with E-state index in [0.29, 0.717) is 10.6 Å². The maximum atomic E-state index is 12.5. The van der Waals surface area contributed by atoms with Gasteiger partial charge in [-0.3, -0.25) is 10.1 Å². The molecule has 0 bridgehead atoms. The van der Waals surface area contributed by atoms with Crippen molar-refractivity contribution in [1.29, 1.82) is 0 Å². The molecule has 0 spiro atoms. The van der Waals surface area contributed by atoms with E-state index in [-0.39, 0.29) is 29.8 Å². The van der Waals surface area contributed by atoms with Crippen LogP contribution in [-0.4, -0.2) is 41.2 Å². The van der Waals surface area contributed by atoms with Gasteiger partial charge in [0, 0.05) is 18.0 Å². The van der Waals surface area contributed by atoms with Crippen molar-refractivity contribution in [2.45, 2.75) is 19.8 Å². The van der Waals surface area contributed by atoms with Gasteiger partial charge in [-0.2, -0.15) is 0 Å². The quantitative estimate of drug-likeness (QED) is 0.429. The molecule has 2 aromatic carbocycles. The Balaban J connectivity index is 1.37. The van der Waals surface area contributed by atoms with E-state index in [2.05, 4.69) is 27.8 Å². The third-order valence-electron chi connectivity index (χ3n) is 5.56. The second kappa shape index (κ2) is 9.88. The number of nitrogens with zero attached hydrogens (tertiary/aromatic N) is 1. The number of aryl methyl sites for hydroxylation is 1. The van der Waals surface area contributed by atoms with Crippen LogP contribution in [0.2, 0.25) is 0 Å². The Labute approximate surface area is 200 Å². The smallest absolute Gasteiger partial charge is 0.413 e. The number of hydrogen-bond donors (Lipinski definition) is 3. The Morgan fingerprint density at radius 3 is 2.32 bits per heavy atom. The molecule has 0 radical (unpaired) electrons. The van der Waals surface area contributed by atoms with Gasteiger partial charge in [0.15, 0.2) is 5.13 Å². The number of thiazole rings is 1. The summed E-state index contributed by atoms with van der Waals surface area (Å²) in [7, 11) is 0. The van der Waals surface area contributed by atoms with Crippen molar-refractivity contribution in [1.82, 2.24) is 10.3 Å². The third-order valence-corrected chi connectivity index (χ3v) is 6.64. The normalized spacial score (nSPS) is 12.6. The van der Waals surface area contributed by atoms with Gasteiger partial charge in [-0.15, -0.1) is 0 Å². The lowest BCUT2D eigenvalue weighted by Crippen LogP contribution is -2.23. The fourth-order valence-electron chi connectivity index (χ4n) is 3.85. The molecule has 0 saturated heterocycles. The Bertz CT molecular complexity index is 1250. The number of amides is 2. The maximum absolute atomic E-state index is 12.5. The fourth-order valence-corrected chi connectivity index (χ4v) is 4.72. The number of hydrogen-bond acceptors (Lipinski definition) is 6. The number of carboxylic acid groups (broad SMARTS) is 1. The van der Waals surface area contributed by atoms with Crippen LogP contribution in [0.25, 0.3) is 11.1 Å². The molecule has 0 unspecified atom stereocenters. The number of rotatable bonds is 7. The van der Waals surface area contributed by atoms with Gasteiger partial charge in [-0.1, -0.05) is 65.9 Å². The Morgan fingerprint density at radius 2 is 1.71 bits per heavy atom. The summed E-state index contributed by atoms with van der Waals surface area (Å²) < 4.78 is 5.52. The first-order valence-corrected chi connectivity index (χ1v) is 11.4. The van der Waals surface area contributed by atoms with E-state index in [1.807, 2.05) is 36.4 Å². The molecule has 3 N–H and O–H groups in total. The highest BCUT2D eigenvalue weighted by Gasteiger charge is 2.29. The Kier molecular flexibility index (Phi) is 6.74. The second-order valence-electron chi connectivity index (χ2n) is 7.79.